The summed E-state index contributed by atoms with van der Waals surface area (Å²) in [6.45, 7) is -2.82. The number of alkyl halides is 2. The highest BCUT2D eigenvalue weighted by Crippen LogP contribution is 2.36. The van der Waals surface area contributed by atoms with Crippen molar-refractivity contribution in [2.75, 3.05) is 5.32 Å². The standard InChI is InChI=1S/C16H15F2NO2/c17-16(18)21-13-3-1-2-11(9-13)19-15-7-4-10-8-12(20)5-6-14(10)15/h1-3,5-6,8-9,15-16,19-20H,4,7H2. The zero-order valence-electron chi connectivity index (χ0n) is 11.2. The number of aryl methyl sites for hydroxylation is 1. The quantitative estimate of drug-likeness (QED) is 0.891. The number of benzene rings is 2. The molecule has 0 fully saturated rings. The number of nitrogens with one attached hydrogen (secondary N) is 1. The predicted molar refractivity (Wildman–Crippen MR) is 75.9 cm³/mol. The van der Waals surface area contributed by atoms with Gasteiger partial charge in [0.05, 0.1) is 6.04 Å². The molecular weight excluding hydrogens is 276 g/mol. The Bertz CT molecular complexity index is 646. The molecule has 5 heteroatoms. The molecule has 2 aromatic rings. The fourth-order valence-electron chi connectivity index (χ4n) is 2.72. The number of ether oxygens (including phenoxy) is 1. The van der Waals surface area contributed by atoms with Crippen LogP contribution < -0.4 is 10.1 Å². The molecule has 1 unspecified atom stereocenters. The van der Waals surface area contributed by atoms with Gasteiger partial charge in [0.1, 0.15) is 11.5 Å². The van der Waals surface area contributed by atoms with Crippen LogP contribution in [0.3, 0.4) is 0 Å². The minimum Gasteiger partial charge on any atom is -0.508 e. The van der Waals surface area contributed by atoms with Gasteiger partial charge in [0.25, 0.3) is 0 Å². The molecule has 110 valence electrons. The highest BCUT2D eigenvalue weighted by molar-refractivity contribution is 5.52. The number of phenolic OH excluding ortho intramolecular Hbond substituents is 1. The van der Waals surface area contributed by atoms with Crippen molar-refractivity contribution >= 4 is 5.69 Å². The number of hydrogen-bond donors (Lipinski definition) is 2. The molecule has 3 rings (SSSR count). The van der Waals surface area contributed by atoms with Crippen molar-refractivity contribution in [2.24, 2.45) is 0 Å². The predicted octanol–water partition coefficient (Wildman–Crippen LogP) is 4.09. The molecule has 0 bridgehead atoms. The van der Waals surface area contributed by atoms with Gasteiger partial charge in [-0.1, -0.05) is 12.1 Å². The van der Waals surface area contributed by atoms with Crippen LogP contribution in [0.2, 0.25) is 0 Å². The van der Waals surface area contributed by atoms with E-state index in [1.807, 2.05) is 12.1 Å². The summed E-state index contributed by atoms with van der Waals surface area (Å²) in [6, 6.07) is 12.0. The molecule has 0 saturated heterocycles. The van der Waals surface area contributed by atoms with Crippen molar-refractivity contribution in [1.29, 1.82) is 0 Å². The minimum atomic E-state index is -2.82. The molecule has 3 nitrogen and oxygen atoms in total. The molecule has 1 atom stereocenters. The molecule has 0 radical (unpaired) electrons. The number of hydrogen-bond acceptors (Lipinski definition) is 3. The van der Waals surface area contributed by atoms with Crippen molar-refractivity contribution in [3.05, 3.63) is 53.6 Å². The lowest BCUT2D eigenvalue weighted by Crippen LogP contribution is -2.07. The third-order valence-electron chi connectivity index (χ3n) is 3.60. The molecular formula is C16H15F2NO2. The maximum atomic E-state index is 12.2. The summed E-state index contributed by atoms with van der Waals surface area (Å²) in [6.07, 6.45) is 1.79. The van der Waals surface area contributed by atoms with Crippen LogP contribution in [0, 0.1) is 0 Å². The van der Waals surface area contributed by atoms with E-state index in [1.54, 1.807) is 24.3 Å². The Morgan fingerprint density at radius 3 is 2.86 bits per heavy atom. The lowest BCUT2D eigenvalue weighted by Gasteiger charge is -2.16. The van der Waals surface area contributed by atoms with Gasteiger partial charge in [-0.15, -0.1) is 0 Å². The second kappa shape index (κ2) is 5.60. The van der Waals surface area contributed by atoms with Crippen LogP contribution in [0.25, 0.3) is 0 Å². The van der Waals surface area contributed by atoms with Crippen molar-refractivity contribution in [3.8, 4) is 11.5 Å². The van der Waals surface area contributed by atoms with Crippen LogP contribution in [0.5, 0.6) is 11.5 Å². The largest absolute Gasteiger partial charge is 0.508 e. The Kier molecular flexibility index (Phi) is 3.64. The van der Waals surface area contributed by atoms with Crippen LogP contribution >= 0.6 is 0 Å². The van der Waals surface area contributed by atoms with Crippen LogP contribution in [0.4, 0.5) is 14.5 Å². The first-order valence-electron chi connectivity index (χ1n) is 6.75. The third-order valence-corrected chi connectivity index (χ3v) is 3.60. The van der Waals surface area contributed by atoms with Gasteiger partial charge in [-0.05, 0) is 48.2 Å². The molecule has 1 aliphatic rings. The van der Waals surface area contributed by atoms with Gasteiger partial charge in [0.15, 0.2) is 0 Å². The number of aromatic hydroxyl groups is 1. The number of halogens is 2. The van der Waals surface area contributed by atoms with Gasteiger partial charge in [-0.2, -0.15) is 8.78 Å². The molecule has 21 heavy (non-hydrogen) atoms. The fourth-order valence-corrected chi connectivity index (χ4v) is 2.72. The molecule has 1 aliphatic carbocycles. The fraction of sp³-hybridized carbons (Fsp3) is 0.250. The first-order chi connectivity index (χ1) is 10.1. The zero-order chi connectivity index (χ0) is 14.8. The van der Waals surface area contributed by atoms with E-state index in [0.29, 0.717) is 0 Å². The highest BCUT2D eigenvalue weighted by atomic mass is 19.3. The van der Waals surface area contributed by atoms with Gasteiger partial charge in [0.2, 0.25) is 0 Å². The topological polar surface area (TPSA) is 41.5 Å². The van der Waals surface area contributed by atoms with Crippen molar-refractivity contribution in [2.45, 2.75) is 25.5 Å². The molecule has 0 amide bonds. The Morgan fingerprint density at radius 2 is 2.05 bits per heavy atom. The molecule has 0 aliphatic heterocycles. The maximum absolute atomic E-state index is 12.2. The van der Waals surface area contributed by atoms with E-state index < -0.39 is 6.61 Å². The summed E-state index contributed by atoms with van der Waals surface area (Å²) in [4.78, 5) is 0. The Morgan fingerprint density at radius 1 is 1.19 bits per heavy atom. The normalized spacial score (nSPS) is 16.8. The molecule has 0 spiro atoms. The zero-order valence-corrected chi connectivity index (χ0v) is 11.2. The van der Waals surface area contributed by atoms with Crippen molar-refractivity contribution < 1.29 is 18.6 Å². The van der Waals surface area contributed by atoms with Gasteiger partial charge < -0.3 is 15.2 Å². The van der Waals surface area contributed by atoms with Crippen LogP contribution in [0.1, 0.15) is 23.6 Å². The Hall–Kier alpha value is -2.30. The molecule has 0 saturated carbocycles. The SMILES string of the molecule is Oc1ccc2c(c1)CCC2Nc1cccc(OC(F)F)c1. The van der Waals surface area contributed by atoms with Gasteiger partial charge >= 0.3 is 6.61 Å². The van der Waals surface area contributed by atoms with Crippen LogP contribution in [0.15, 0.2) is 42.5 Å². The smallest absolute Gasteiger partial charge is 0.387 e. The second-order valence-electron chi connectivity index (χ2n) is 5.03. The van der Waals surface area contributed by atoms with Gasteiger partial charge in [0, 0.05) is 11.8 Å². The van der Waals surface area contributed by atoms with E-state index in [4.69, 9.17) is 0 Å². The summed E-state index contributed by atoms with van der Waals surface area (Å²) in [5.74, 6) is 0.403. The number of anilines is 1. The van der Waals surface area contributed by atoms with Crippen LogP contribution in [-0.4, -0.2) is 11.7 Å². The molecule has 0 heterocycles. The summed E-state index contributed by atoms with van der Waals surface area (Å²) >= 11 is 0. The summed E-state index contributed by atoms with van der Waals surface area (Å²) in [7, 11) is 0. The average molecular weight is 291 g/mol. The van der Waals surface area contributed by atoms with E-state index in [1.165, 1.54) is 6.07 Å². The summed E-state index contributed by atoms with van der Waals surface area (Å²) < 4.78 is 28.8. The van der Waals surface area contributed by atoms with E-state index in [-0.39, 0.29) is 17.5 Å². The minimum absolute atomic E-state index is 0.113. The van der Waals surface area contributed by atoms with Crippen LogP contribution in [-0.2, 0) is 6.42 Å². The van der Waals surface area contributed by atoms with E-state index in [9.17, 15) is 13.9 Å². The number of fused-ring (bicyclic) bond motifs is 1. The Labute approximate surface area is 121 Å². The van der Waals surface area contributed by atoms with E-state index >= 15 is 0 Å². The molecule has 0 aromatic heterocycles. The molecule has 2 aromatic carbocycles. The van der Waals surface area contributed by atoms with Gasteiger partial charge in [-0.25, -0.2) is 0 Å². The van der Waals surface area contributed by atoms with E-state index in [0.717, 1.165) is 29.7 Å². The summed E-state index contributed by atoms with van der Waals surface area (Å²) in [5, 5.41) is 12.8. The highest BCUT2D eigenvalue weighted by Gasteiger charge is 2.22. The van der Waals surface area contributed by atoms with Crippen molar-refractivity contribution in [1.82, 2.24) is 0 Å². The van der Waals surface area contributed by atoms with Crippen molar-refractivity contribution in [3.63, 3.8) is 0 Å². The Balaban J connectivity index is 1.77. The molecule has 2 N–H and O–H groups in total. The number of phenols is 1. The summed E-state index contributed by atoms with van der Waals surface area (Å²) in [5.41, 5.74) is 2.99. The number of rotatable bonds is 4. The second-order valence-corrected chi connectivity index (χ2v) is 5.03. The first kappa shape index (κ1) is 13.7. The lowest BCUT2D eigenvalue weighted by atomic mass is 10.1. The van der Waals surface area contributed by atoms with E-state index in [2.05, 4.69) is 10.1 Å². The maximum Gasteiger partial charge on any atom is 0.387 e. The lowest BCUT2D eigenvalue weighted by molar-refractivity contribution is -0.0498. The average Bonchev–Trinajstić information content (AvgIpc) is 2.80. The monoisotopic (exact) mass is 291 g/mol. The van der Waals surface area contributed by atoms with Gasteiger partial charge in [-0.3, -0.25) is 0 Å². The third kappa shape index (κ3) is 3.07. The first-order valence-corrected chi connectivity index (χ1v) is 6.75.